The molecule has 0 N–H and O–H groups in total. The number of halogens is 1. The molecule has 3 heterocycles. The summed E-state index contributed by atoms with van der Waals surface area (Å²) in [6.07, 6.45) is 3.45. The first-order chi connectivity index (χ1) is 15.5. The zero-order valence-corrected chi connectivity index (χ0v) is 18.2. The van der Waals surface area contributed by atoms with E-state index in [4.69, 9.17) is 20.8 Å². The SMILES string of the molecule is COc1ccccc1-c1cc2c(=O)n(Cc3nc(-c4cccc(Cl)c4)oc3C)ccn2n1. The highest BCUT2D eigenvalue weighted by Gasteiger charge is 2.16. The van der Waals surface area contributed by atoms with Gasteiger partial charge in [0.25, 0.3) is 5.56 Å². The number of nitrogens with zero attached hydrogens (tertiary/aromatic N) is 4. The van der Waals surface area contributed by atoms with Crippen LogP contribution >= 0.6 is 11.6 Å². The Balaban J connectivity index is 1.51. The van der Waals surface area contributed by atoms with Gasteiger partial charge < -0.3 is 13.7 Å². The molecule has 0 amide bonds. The molecule has 7 nitrogen and oxygen atoms in total. The van der Waals surface area contributed by atoms with E-state index in [9.17, 15) is 4.79 Å². The number of aryl methyl sites for hydroxylation is 1. The lowest BCUT2D eigenvalue weighted by Crippen LogP contribution is -2.22. The van der Waals surface area contributed by atoms with E-state index in [1.54, 1.807) is 46.8 Å². The molecular weight excluding hydrogens is 428 g/mol. The summed E-state index contributed by atoms with van der Waals surface area (Å²) in [5.74, 6) is 1.81. The van der Waals surface area contributed by atoms with Gasteiger partial charge in [-0.1, -0.05) is 29.8 Å². The van der Waals surface area contributed by atoms with Crippen molar-refractivity contribution in [2.75, 3.05) is 7.11 Å². The van der Waals surface area contributed by atoms with E-state index in [1.165, 1.54) is 0 Å². The fourth-order valence-corrected chi connectivity index (χ4v) is 3.81. The molecule has 0 unspecified atom stereocenters. The van der Waals surface area contributed by atoms with Crippen LogP contribution in [0.3, 0.4) is 0 Å². The second-order valence-corrected chi connectivity index (χ2v) is 7.76. The first-order valence-electron chi connectivity index (χ1n) is 9.98. The first-order valence-corrected chi connectivity index (χ1v) is 10.4. The van der Waals surface area contributed by atoms with Crippen molar-refractivity contribution in [3.8, 4) is 28.5 Å². The Labute approximate surface area is 188 Å². The Hall–Kier alpha value is -3.84. The van der Waals surface area contributed by atoms with Crippen molar-refractivity contribution in [1.29, 1.82) is 0 Å². The van der Waals surface area contributed by atoms with E-state index < -0.39 is 0 Å². The van der Waals surface area contributed by atoms with E-state index in [-0.39, 0.29) is 12.1 Å². The molecule has 0 spiro atoms. The summed E-state index contributed by atoms with van der Waals surface area (Å²) in [6.45, 7) is 2.11. The van der Waals surface area contributed by atoms with Gasteiger partial charge >= 0.3 is 0 Å². The number of fused-ring (bicyclic) bond motifs is 1. The van der Waals surface area contributed by atoms with E-state index in [0.717, 1.165) is 11.1 Å². The number of hydrogen-bond acceptors (Lipinski definition) is 5. The number of methoxy groups -OCH3 is 1. The summed E-state index contributed by atoms with van der Waals surface area (Å²) in [6, 6.07) is 16.6. The zero-order chi connectivity index (χ0) is 22.2. The van der Waals surface area contributed by atoms with E-state index in [1.807, 2.05) is 43.3 Å². The maximum Gasteiger partial charge on any atom is 0.276 e. The lowest BCUT2D eigenvalue weighted by Gasteiger charge is -2.04. The van der Waals surface area contributed by atoms with Crippen molar-refractivity contribution in [1.82, 2.24) is 19.2 Å². The average Bonchev–Trinajstić information content (AvgIpc) is 3.40. The Morgan fingerprint density at radius 3 is 2.75 bits per heavy atom. The zero-order valence-electron chi connectivity index (χ0n) is 17.4. The van der Waals surface area contributed by atoms with Gasteiger partial charge in [-0.05, 0) is 43.3 Å². The van der Waals surface area contributed by atoms with Crippen LogP contribution in [0.1, 0.15) is 11.5 Å². The first kappa shape index (κ1) is 20.1. The number of oxazole rings is 1. The second-order valence-electron chi connectivity index (χ2n) is 7.32. The third-order valence-corrected chi connectivity index (χ3v) is 5.51. The maximum absolute atomic E-state index is 13.2. The molecule has 2 aromatic carbocycles. The average molecular weight is 447 g/mol. The van der Waals surface area contributed by atoms with Crippen LogP contribution in [0.15, 0.2) is 76.2 Å². The number of hydrogen-bond donors (Lipinski definition) is 0. The van der Waals surface area contributed by atoms with Gasteiger partial charge in [0.15, 0.2) is 0 Å². The van der Waals surface area contributed by atoms with Crippen molar-refractivity contribution in [3.05, 3.63) is 93.8 Å². The summed E-state index contributed by atoms with van der Waals surface area (Å²) in [5.41, 5.74) is 3.24. The Morgan fingerprint density at radius 1 is 1.09 bits per heavy atom. The van der Waals surface area contributed by atoms with Gasteiger partial charge in [0.2, 0.25) is 5.89 Å². The Kier molecular flexibility index (Phi) is 5.03. The lowest BCUT2D eigenvalue weighted by atomic mass is 10.1. The third-order valence-electron chi connectivity index (χ3n) is 5.27. The van der Waals surface area contributed by atoms with Crippen LogP contribution in [0.5, 0.6) is 5.75 Å². The predicted molar refractivity (Wildman–Crippen MR) is 122 cm³/mol. The molecule has 3 aromatic heterocycles. The fourth-order valence-electron chi connectivity index (χ4n) is 3.62. The molecule has 0 saturated heterocycles. The summed E-state index contributed by atoms with van der Waals surface area (Å²) in [5, 5.41) is 5.15. The molecule has 5 aromatic rings. The van der Waals surface area contributed by atoms with Gasteiger partial charge in [-0.25, -0.2) is 9.50 Å². The van der Waals surface area contributed by atoms with Crippen LogP contribution in [-0.2, 0) is 6.54 Å². The highest BCUT2D eigenvalue weighted by Crippen LogP contribution is 2.29. The van der Waals surface area contributed by atoms with Crippen molar-refractivity contribution in [2.24, 2.45) is 0 Å². The summed E-state index contributed by atoms with van der Waals surface area (Å²) in [7, 11) is 1.61. The minimum atomic E-state index is -0.173. The molecule has 5 rings (SSSR count). The molecule has 0 aliphatic carbocycles. The molecule has 0 atom stereocenters. The maximum atomic E-state index is 13.2. The van der Waals surface area contributed by atoms with Gasteiger partial charge in [0.05, 0.1) is 19.3 Å². The smallest absolute Gasteiger partial charge is 0.276 e. The summed E-state index contributed by atoms with van der Waals surface area (Å²) < 4.78 is 14.4. The Bertz CT molecular complexity index is 1500. The van der Waals surface area contributed by atoms with Gasteiger partial charge in [0.1, 0.15) is 22.7 Å². The van der Waals surface area contributed by atoms with Crippen molar-refractivity contribution < 1.29 is 9.15 Å². The van der Waals surface area contributed by atoms with Crippen molar-refractivity contribution in [2.45, 2.75) is 13.5 Å². The van der Waals surface area contributed by atoms with Crippen LogP contribution in [-0.4, -0.2) is 26.3 Å². The van der Waals surface area contributed by atoms with Crippen molar-refractivity contribution >= 4 is 17.1 Å². The predicted octanol–water partition coefficient (Wildman–Crippen LogP) is 4.84. The topological polar surface area (TPSA) is 74.6 Å². The highest BCUT2D eigenvalue weighted by molar-refractivity contribution is 6.30. The number of aromatic nitrogens is 4. The highest BCUT2D eigenvalue weighted by atomic mass is 35.5. The van der Waals surface area contributed by atoms with Gasteiger partial charge in [-0.2, -0.15) is 5.10 Å². The minimum absolute atomic E-state index is 0.173. The molecular formula is C24H19ClN4O3. The molecule has 0 bridgehead atoms. The van der Waals surface area contributed by atoms with Crippen LogP contribution in [0.4, 0.5) is 0 Å². The van der Waals surface area contributed by atoms with Gasteiger partial charge in [0, 0.05) is 28.5 Å². The van der Waals surface area contributed by atoms with Crippen LogP contribution < -0.4 is 10.3 Å². The third kappa shape index (κ3) is 3.56. The second kappa shape index (κ2) is 8.01. The normalized spacial score (nSPS) is 11.2. The molecule has 0 aliphatic heterocycles. The Morgan fingerprint density at radius 2 is 1.94 bits per heavy atom. The van der Waals surface area contributed by atoms with Crippen LogP contribution in [0.2, 0.25) is 5.02 Å². The van der Waals surface area contributed by atoms with E-state index in [0.29, 0.717) is 39.3 Å². The summed E-state index contributed by atoms with van der Waals surface area (Å²) in [4.78, 5) is 17.7. The lowest BCUT2D eigenvalue weighted by molar-refractivity contribution is 0.416. The van der Waals surface area contributed by atoms with Gasteiger partial charge in [-0.15, -0.1) is 0 Å². The monoisotopic (exact) mass is 446 g/mol. The molecule has 32 heavy (non-hydrogen) atoms. The molecule has 0 aliphatic rings. The molecule has 8 heteroatoms. The molecule has 0 fully saturated rings. The van der Waals surface area contributed by atoms with Crippen molar-refractivity contribution in [3.63, 3.8) is 0 Å². The quantitative estimate of drug-likeness (QED) is 0.386. The number of benzene rings is 2. The summed E-state index contributed by atoms with van der Waals surface area (Å²) >= 11 is 6.08. The van der Waals surface area contributed by atoms with Crippen LogP contribution in [0.25, 0.3) is 28.2 Å². The number of rotatable bonds is 5. The van der Waals surface area contributed by atoms with Crippen LogP contribution in [0, 0.1) is 6.92 Å². The van der Waals surface area contributed by atoms with E-state index >= 15 is 0 Å². The fraction of sp³-hybridized carbons (Fsp3) is 0.125. The molecule has 160 valence electrons. The number of para-hydroxylation sites is 1. The largest absolute Gasteiger partial charge is 0.496 e. The van der Waals surface area contributed by atoms with E-state index in [2.05, 4.69) is 10.1 Å². The van der Waals surface area contributed by atoms with Gasteiger partial charge in [-0.3, -0.25) is 4.79 Å². The molecule has 0 saturated carbocycles. The molecule has 0 radical (unpaired) electrons. The minimum Gasteiger partial charge on any atom is -0.496 e. The number of ether oxygens (including phenoxy) is 1. The standard InChI is InChI=1S/C24H19ClN4O3/c1-15-20(26-23(32-15)16-6-5-7-17(25)12-16)14-28-10-11-29-21(24(28)30)13-19(27-29)18-8-3-4-9-22(18)31-2/h3-13H,14H2,1-2H3.